The van der Waals surface area contributed by atoms with Crippen LogP contribution in [0.25, 0.3) is 0 Å². The number of carbonyl (C=O) groups is 3. The SMILES string of the molecule is COC(=O)Cc1cc(=O)[nH]c(S[C@@H](C)C(=O)NC(=O)OC)n1. The van der Waals surface area contributed by atoms with Crippen LogP contribution in [0.1, 0.15) is 12.6 Å². The van der Waals surface area contributed by atoms with E-state index in [1.54, 1.807) is 0 Å². The van der Waals surface area contributed by atoms with E-state index in [4.69, 9.17) is 0 Å². The number of methoxy groups -OCH3 is 2. The molecule has 0 saturated carbocycles. The number of esters is 1. The number of aromatic amines is 1. The maximum absolute atomic E-state index is 11.7. The van der Waals surface area contributed by atoms with Crippen LogP contribution in [-0.4, -0.2) is 47.4 Å². The Balaban J connectivity index is 2.80. The van der Waals surface area contributed by atoms with Gasteiger partial charge in [-0.25, -0.2) is 9.78 Å². The zero-order valence-electron chi connectivity index (χ0n) is 12.2. The Morgan fingerprint density at radius 3 is 2.64 bits per heavy atom. The standard InChI is InChI=1S/C12H15N3O6S/c1-6(10(18)15-12(19)21-3)22-11-13-7(4-8(16)14-11)5-9(17)20-2/h4,6H,5H2,1-3H3,(H,13,14,16)(H,15,18,19)/t6-/m0/s1. The van der Waals surface area contributed by atoms with Crippen molar-refractivity contribution < 1.29 is 23.9 Å². The number of carbonyl (C=O) groups excluding carboxylic acids is 3. The molecule has 0 aromatic carbocycles. The first-order chi connectivity index (χ1) is 10.3. The summed E-state index contributed by atoms with van der Waals surface area (Å²) in [4.78, 5) is 51.8. The van der Waals surface area contributed by atoms with E-state index < -0.39 is 28.8 Å². The summed E-state index contributed by atoms with van der Waals surface area (Å²) in [5.41, 5.74) is -0.240. The van der Waals surface area contributed by atoms with Crippen LogP contribution in [0.15, 0.2) is 16.0 Å². The minimum absolute atomic E-state index is 0.152. The molecule has 22 heavy (non-hydrogen) atoms. The van der Waals surface area contributed by atoms with Crippen LogP contribution in [0.3, 0.4) is 0 Å². The summed E-state index contributed by atoms with van der Waals surface area (Å²) in [6.07, 6.45) is -1.03. The smallest absolute Gasteiger partial charge is 0.413 e. The van der Waals surface area contributed by atoms with Crippen LogP contribution >= 0.6 is 11.8 Å². The van der Waals surface area contributed by atoms with E-state index in [1.165, 1.54) is 20.1 Å². The molecule has 2 amide bonds. The summed E-state index contributed by atoms with van der Waals surface area (Å²) in [6.45, 7) is 1.52. The first-order valence-electron chi connectivity index (χ1n) is 6.08. The first kappa shape index (κ1) is 17.7. The van der Waals surface area contributed by atoms with Gasteiger partial charge in [-0.15, -0.1) is 0 Å². The Morgan fingerprint density at radius 1 is 1.36 bits per heavy atom. The molecule has 2 N–H and O–H groups in total. The summed E-state index contributed by atoms with van der Waals surface area (Å²) >= 11 is 0.929. The van der Waals surface area contributed by atoms with Gasteiger partial charge in [-0.05, 0) is 6.92 Å². The number of ether oxygens (including phenoxy) is 2. The van der Waals surface area contributed by atoms with Crippen LogP contribution in [0, 0.1) is 0 Å². The van der Waals surface area contributed by atoms with Crippen LogP contribution in [-0.2, 0) is 25.5 Å². The number of nitrogens with zero attached hydrogens (tertiary/aromatic N) is 1. The molecule has 0 bridgehead atoms. The van der Waals surface area contributed by atoms with Crippen LogP contribution in [0.4, 0.5) is 4.79 Å². The van der Waals surface area contributed by atoms with Gasteiger partial charge in [-0.3, -0.25) is 19.7 Å². The van der Waals surface area contributed by atoms with E-state index >= 15 is 0 Å². The van der Waals surface area contributed by atoms with Crippen molar-refractivity contribution in [3.63, 3.8) is 0 Å². The Hall–Kier alpha value is -2.36. The fourth-order valence-electron chi connectivity index (χ4n) is 1.32. The highest BCUT2D eigenvalue weighted by Gasteiger charge is 2.19. The van der Waals surface area contributed by atoms with Crippen LogP contribution in [0.5, 0.6) is 0 Å². The molecule has 9 nitrogen and oxygen atoms in total. The molecule has 1 rings (SSSR count). The second kappa shape index (κ2) is 8.17. The number of rotatable bonds is 5. The highest BCUT2D eigenvalue weighted by atomic mass is 32.2. The van der Waals surface area contributed by atoms with Gasteiger partial charge in [-0.1, -0.05) is 11.8 Å². The third-order valence-corrected chi connectivity index (χ3v) is 3.38. The molecule has 10 heteroatoms. The maximum Gasteiger partial charge on any atom is 0.413 e. The fraction of sp³-hybridized carbons (Fsp3) is 0.417. The van der Waals surface area contributed by atoms with Crippen molar-refractivity contribution in [3.8, 4) is 0 Å². The van der Waals surface area contributed by atoms with Crippen molar-refractivity contribution in [2.45, 2.75) is 23.8 Å². The molecular weight excluding hydrogens is 314 g/mol. The van der Waals surface area contributed by atoms with Crippen LogP contribution < -0.4 is 10.9 Å². The van der Waals surface area contributed by atoms with Gasteiger partial charge in [0.1, 0.15) is 0 Å². The third kappa shape index (κ3) is 5.56. The number of alkyl carbamates (subject to hydrolysis) is 1. The van der Waals surface area contributed by atoms with E-state index in [0.29, 0.717) is 0 Å². The Morgan fingerprint density at radius 2 is 2.05 bits per heavy atom. The molecule has 120 valence electrons. The average Bonchev–Trinajstić information content (AvgIpc) is 2.46. The number of imide groups is 1. The number of amides is 2. The Bertz CT molecular complexity index is 630. The third-order valence-electron chi connectivity index (χ3n) is 2.39. The van der Waals surface area contributed by atoms with E-state index in [2.05, 4.69) is 19.4 Å². The molecule has 0 unspecified atom stereocenters. The zero-order valence-corrected chi connectivity index (χ0v) is 13.0. The minimum Gasteiger partial charge on any atom is -0.469 e. The Labute approximate surface area is 129 Å². The lowest BCUT2D eigenvalue weighted by atomic mass is 10.3. The van der Waals surface area contributed by atoms with E-state index in [-0.39, 0.29) is 17.3 Å². The molecule has 1 heterocycles. The predicted octanol–water partition coefficient (Wildman–Crippen LogP) is -0.151. The predicted molar refractivity (Wildman–Crippen MR) is 76.4 cm³/mol. The van der Waals surface area contributed by atoms with Gasteiger partial charge in [0.05, 0.1) is 31.6 Å². The molecular formula is C12H15N3O6S. The fourth-order valence-corrected chi connectivity index (χ4v) is 2.15. The van der Waals surface area contributed by atoms with Gasteiger partial charge in [0.2, 0.25) is 5.91 Å². The second-order valence-electron chi connectivity index (χ2n) is 4.04. The van der Waals surface area contributed by atoms with E-state index in [1.807, 2.05) is 5.32 Å². The lowest BCUT2D eigenvalue weighted by Gasteiger charge is -2.10. The zero-order chi connectivity index (χ0) is 16.7. The number of aromatic nitrogens is 2. The van der Waals surface area contributed by atoms with Gasteiger partial charge >= 0.3 is 12.1 Å². The average molecular weight is 329 g/mol. The van der Waals surface area contributed by atoms with E-state index in [9.17, 15) is 19.2 Å². The van der Waals surface area contributed by atoms with Crippen molar-refractivity contribution >= 4 is 29.7 Å². The molecule has 0 fully saturated rings. The quantitative estimate of drug-likeness (QED) is 0.434. The molecule has 0 aliphatic heterocycles. The molecule has 0 spiro atoms. The molecule has 1 aromatic heterocycles. The Kier molecular flexibility index (Phi) is 6.57. The molecule has 0 aliphatic carbocycles. The molecule has 1 atom stereocenters. The topological polar surface area (TPSA) is 127 Å². The summed E-state index contributed by atoms with van der Waals surface area (Å²) in [5, 5.41) is 1.44. The normalized spacial score (nSPS) is 11.4. The monoisotopic (exact) mass is 329 g/mol. The van der Waals surface area contributed by atoms with Gasteiger partial charge < -0.3 is 14.5 Å². The highest BCUT2D eigenvalue weighted by molar-refractivity contribution is 8.00. The van der Waals surface area contributed by atoms with Gasteiger partial charge in [0.25, 0.3) is 5.56 Å². The maximum atomic E-state index is 11.7. The highest BCUT2D eigenvalue weighted by Crippen LogP contribution is 2.18. The number of hydrogen-bond acceptors (Lipinski definition) is 8. The van der Waals surface area contributed by atoms with E-state index in [0.717, 1.165) is 18.9 Å². The van der Waals surface area contributed by atoms with Gasteiger partial charge in [-0.2, -0.15) is 0 Å². The number of nitrogens with one attached hydrogen (secondary N) is 2. The van der Waals surface area contributed by atoms with Crippen molar-refractivity contribution in [2.24, 2.45) is 0 Å². The largest absolute Gasteiger partial charge is 0.469 e. The van der Waals surface area contributed by atoms with Crippen molar-refractivity contribution in [1.29, 1.82) is 0 Å². The second-order valence-corrected chi connectivity index (χ2v) is 5.37. The lowest BCUT2D eigenvalue weighted by molar-refractivity contribution is -0.139. The van der Waals surface area contributed by atoms with Crippen molar-refractivity contribution in [1.82, 2.24) is 15.3 Å². The van der Waals surface area contributed by atoms with Crippen molar-refractivity contribution in [2.75, 3.05) is 14.2 Å². The summed E-state index contributed by atoms with van der Waals surface area (Å²) < 4.78 is 8.81. The summed E-state index contributed by atoms with van der Waals surface area (Å²) in [6, 6.07) is 1.17. The molecule has 0 saturated heterocycles. The number of hydrogen-bond donors (Lipinski definition) is 2. The summed E-state index contributed by atoms with van der Waals surface area (Å²) in [7, 11) is 2.36. The minimum atomic E-state index is -0.877. The molecule has 1 aromatic rings. The van der Waals surface area contributed by atoms with Gasteiger partial charge in [0.15, 0.2) is 5.16 Å². The van der Waals surface area contributed by atoms with Gasteiger partial charge in [0, 0.05) is 6.07 Å². The first-order valence-corrected chi connectivity index (χ1v) is 6.96. The lowest BCUT2D eigenvalue weighted by Crippen LogP contribution is -2.36. The van der Waals surface area contributed by atoms with Crippen molar-refractivity contribution in [3.05, 3.63) is 22.1 Å². The summed E-state index contributed by atoms with van der Waals surface area (Å²) in [5.74, 6) is -1.14. The number of thioether (sulfide) groups is 1. The molecule has 0 radical (unpaired) electrons. The molecule has 0 aliphatic rings. The number of H-pyrrole nitrogens is 1. The van der Waals surface area contributed by atoms with Crippen LogP contribution in [0.2, 0.25) is 0 Å².